The Labute approximate surface area is 138 Å². The van der Waals surface area contributed by atoms with Crippen LogP contribution in [0.2, 0.25) is 0 Å². The number of benzene rings is 2. The number of methoxy groups -OCH3 is 1. The second-order valence-electron chi connectivity index (χ2n) is 5.51. The van der Waals surface area contributed by atoms with Crippen molar-refractivity contribution in [2.24, 2.45) is 0 Å². The van der Waals surface area contributed by atoms with Gasteiger partial charge in [-0.3, -0.25) is 4.79 Å². The molecule has 2 N–H and O–H groups in total. The van der Waals surface area contributed by atoms with Crippen LogP contribution in [0.15, 0.2) is 53.9 Å². The lowest BCUT2D eigenvalue weighted by atomic mass is 10.1. The van der Waals surface area contributed by atoms with Crippen molar-refractivity contribution in [3.05, 3.63) is 59.7 Å². The van der Waals surface area contributed by atoms with E-state index in [9.17, 15) is 9.18 Å². The Hall–Kier alpha value is -3.06. The lowest BCUT2D eigenvalue weighted by Gasteiger charge is -2.28. The Morgan fingerprint density at radius 2 is 1.92 bits per heavy atom. The number of hydrazine groups is 2. The summed E-state index contributed by atoms with van der Waals surface area (Å²) in [6.45, 7) is 1.83. The molecule has 0 saturated carbocycles. The fourth-order valence-electron chi connectivity index (χ4n) is 2.90. The molecule has 0 radical (unpaired) electrons. The molecule has 4 rings (SSSR count). The van der Waals surface area contributed by atoms with Gasteiger partial charge in [0.05, 0.1) is 24.2 Å². The smallest absolute Gasteiger partial charge is 0.294 e. The molecule has 1 fully saturated rings. The van der Waals surface area contributed by atoms with Gasteiger partial charge in [0.15, 0.2) is 11.6 Å². The highest BCUT2D eigenvalue weighted by molar-refractivity contribution is 6.12. The molecular weight excluding hydrogens is 311 g/mol. The summed E-state index contributed by atoms with van der Waals surface area (Å²) in [6, 6.07) is 12.0. The second kappa shape index (κ2) is 5.24. The number of ether oxygens (including phenoxy) is 1. The number of nitrogens with zero attached hydrogens (tertiary/aromatic N) is 2. The molecule has 2 aliphatic rings. The standard InChI is InChI=1S/C17H15FN4O2/c1-10-16-17(23)21(11-7-8-15(24-2)12(18)9-11)20-22(16)14-6-4-3-5-13(14)19-10/h3-9,19-20H,1-2H3. The molecule has 0 spiro atoms. The Bertz CT molecular complexity index is 881. The van der Waals surface area contributed by atoms with E-state index in [0.717, 1.165) is 17.1 Å². The van der Waals surface area contributed by atoms with Crippen LogP contribution in [0.3, 0.4) is 0 Å². The molecule has 122 valence electrons. The maximum atomic E-state index is 14.0. The van der Waals surface area contributed by atoms with E-state index in [4.69, 9.17) is 4.74 Å². The van der Waals surface area contributed by atoms with E-state index in [1.165, 1.54) is 24.3 Å². The number of amides is 1. The first-order valence-electron chi connectivity index (χ1n) is 7.41. The molecule has 1 saturated heterocycles. The maximum absolute atomic E-state index is 14.0. The van der Waals surface area contributed by atoms with Crippen molar-refractivity contribution >= 4 is 23.0 Å². The lowest BCUT2D eigenvalue weighted by molar-refractivity contribution is -0.114. The summed E-state index contributed by atoms with van der Waals surface area (Å²) < 4.78 is 18.9. The van der Waals surface area contributed by atoms with Crippen LogP contribution in [-0.2, 0) is 4.79 Å². The topological polar surface area (TPSA) is 56.8 Å². The third kappa shape index (κ3) is 2.02. The van der Waals surface area contributed by atoms with Crippen molar-refractivity contribution in [2.45, 2.75) is 6.92 Å². The number of anilines is 3. The normalized spacial score (nSPS) is 16.0. The molecule has 0 aromatic heterocycles. The molecule has 2 heterocycles. The fourth-order valence-corrected chi connectivity index (χ4v) is 2.90. The zero-order valence-electron chi connectivity index (χ0n) is 13.1. The molecular formula is C17H15FN4O2. The highest BCUT2D eigenvalue weighted by Gasteiger charge is 2.39. The summed E-state index contributed by atoms with van der Waals surface area (Å²) in [6.07, 6.45) is 0. The molecule has 0 bridgehead atoms. The van der Waals surface area contributed by atoms with E-state index in [1.807, 2.05) is 31.2 Å². The van der Waals surface area contributed by atoms with Crippen LogP contribution in [0.4, 0.5) is 21.5 Å². The van der Waals surface area contributed by atoms with Crippen LogP contribution in [-0.4, -0.2) is 13.0 Å². The number of allylic oxidation sites excluding steroid dienone is 1. The lowest BCUT2D eigenvalue weighted by Crippen LogP contribution is -2.41. The summed E-state index contributed by atoms with van der Waals surface area (Å²) in [4.78, 5) is 12.8. The Kier molecular flexibility index (Phi) is 3.17. The van der Waals surface area contributed by atoms with Crippen LogP contribution in [0.25, 0.3) is 0 Å². The van der Waals surface area contributed by atoms with Crippen molar-refractivity contribution in [3.8, 4) is 5.75 Å². The van der Waals surface area contributed by atoms with Gasteiger partial charge >= 0.3 is 0 Å². The van der Waals surface area contributed by atoms with Gasteiger partial charge in [-0.05, 0) is 31.2 Å². The number of rotatable bonds is 2. The predicted octanol–water partition coefficient (Wildman–Crippen LogP) is 2.76. The predicted molar refractivity (Wildman–Crippen MR) is 88.8 cm³/mol. The first-order valence-corrected chi connectivity index (χ1v) is 7.41. The molecule has 2 aliphatic heterocycles. The van der Waals surface area contributed by atoms with Crippen LogP contribution in [0, 0.1) is 5.82 Å². The largest absolute Gasteiger partial charge is 0.494 e. The molecule has 0 atom stereocenters. The minimum absolute atomic E-state index is 0.130. The first-order chi connectivity index (χ1) is 11.6. The molecule has 0 aliphatic carbocycles. The number of para-hydroxylation sites is 2. The quantitative estimate of drug-likeness (QED) is 0.889. The van der Waals surface area contributed by atoms with Gasteiger partial charge < -0.3 is 10.1 Å². The van der Waals surface area contributed by atoms with E-state index in [0.29, 0.717) is 11.4 Å². The summed E-state index contributed by atoms with van der Waals surface area (Å²) in [5.74, 6) is -0.664. The monoisotopic (exact) mass is 326 g/mol. The van der Waals surface area contributed by atoms with Crippen molar-refractivity contribution < 1.29 is 13.9 Å². The van der Waals surface area contributed by atoms with Gasteiger partial charge in [0.1, 0.15) is 5.70 Å². The SMILES string of the molecule is COc1ccc(N2NN3C(=C(C)Nc4ccccc43)C2=O)cc1F. The zero-order chi connectivity index (χ0) is 16.8. The Balaban J connectivity index is 1.76. The summed E-state index contributed by atoms with van der Waals surface area (Å²) in [5, 5.41) is 6.23. The second-order valence-corrected chi connectivity index (χ2v) is 5.51. The Morgan fingerprint density at radius 3 is 2.67 bits per heavy atom. The van der Waals surface area contributed by atoms with E-state index in [-0.39, 0.29) is 11.7 Å². The van der Waals surface area contributed by atoms with Gasteiger partial charge in [0.2, 0.25) is 0 Å². The molecule has 2 aromatic rings. The number of hydrogen-bond acceptors (Lipinski definition) is 5. The van der Waals surface area contributed by atoms with Crippen molar-refractivity contribution in [1.29, 1.82) is 0 Å². The van der Waals surface area contributed by atoms with E-state index < -0.39 is 5.82 Å². The molecule has 0 unspecified atom stereocenters. The average molecular weight is 326 g/mol. The van der Waals surface area contributed by atoms with Crippen molar-refractivity contribution in [1.82, 2.24) is 5.53 Å². The third-order valence-electron chi connectivity index (χ3n) is 4.05. The third-order valence-corrected chi connectivity index (χ3v) is 4.05. The average Bonchev–Trinajstić information content (AvgIpc) is 2.93. The summed E-state index contributed by atoms with van der Waals surface area (Å²) in [5.41, 5.74) is 6.33. The molecule has 6 nitrogen and oxygen atoms in total. The minimum Gasteiger partial charge on any atom is -0.494 e. The maximum Gasteiger partial charge on any atom is 0.294 e. The number of nitrogens with one attached hydrogen (secondary N) is 2. The van der Waals surface area contributed by atoms with E-state index in [1.54, 1.807) is 11.1 Å². The first kappa shape index (κ1) is 14.5. The molecule has 2 aromatic carbocycles. The van der Waals surface area contributed by atoms with Gasteiger partial charge in [-0.2, -0.15) is 0 Å². The van der Waals surface area contributed by atoms with Gasteiger partial charge in [0.25, 0.3) is 5.91 Å². The Morgan fingerprint density at radius 1 is 1.12 bits per heavy atom. The number of carbonyl (C=O) groups is 1. The summed E-state index contributed by atoms with van der Waals surface area (Å²) >= 11 is 0. The van der Waals surface area contributed by atoms with Crippen LogP contribution in [0.5, 0.6) is 5.75 Å². The minimum atomic E-state index is -0.529. The van der Waals surface area contributed by atoms with Crippen LogP contribution in [0.1, 0.15) is 6.92 Å². The fraction of sp³-hybridized carbons (Fsp3) is 0.118. The van der Waals surface area contributed by atoms with Gasteiger partial charge in [-0.25, -0.2) is 14.4 Å². The van der Waals surface area contributed by atoms with E-state index in [2.05, 4.69) is 10.9 Å². The van der Waals surface area contributed by atoms with Crippen molar-refractivity contribution in [3.63, 3.8) is 0 Å². The highest BCUT2D eigenvalue weighted by atomic mass is 19.1. The van der Waals surface area contributed by atoms with Gasteiger partial charge in [-0.15, -0.1) is 5.53 Å². The number of carbonyl (C=O) groups excluding carboxylic acids is 1. The van der Waals surface area contributed by atoms with E-state index >= 15 is 0 Å². The van der Waals surface area contributed by atoms with Crippen molar-refractivity contribution in [2.75, 3.05) is 22.4 Å². The number of halogens is 1. The molecule has 1 amide bonds. The number of hydrogen-bond donors (Lipinski definition) is 2. The highest BCUT2D eigenvalue weighted by Crippen LogP contribution is 2.38. The summed E-state index contributed by atoms with van der Waals surface area (Å²) in [7, 11) is 1.40. The van der Waals surface area contributed by atoms with Crippen LogP contribution < -0.4 is 25.6 Å². The molecule has 7 heteroatoms. The van der Waals surface area contributed by atoms with Gasteiger partial charge in [-0.1, -0.05) is 12.1 Å². The molecule has 24 heavy (non-hydrogen) atoms. The number of fused-ring (bicyclic) bond motifs is 3. The van der Waals surface area contributed by atoms with Crippen LogP contribution >= 0.6 is 0 Å². The van der Waals surface area contributed by atoms with Gasteiger partial charge in [0, 0.05) is 11.8 Å². The zero-order valence-corrected chi connectivity index (χ0v) is 13.1.